The molecule has 16 heavy (non-hydrogen) atoms. The van der Waals surface area contributed by atoms with Crippen molar-refractivity contribution in [1.29, 1.82) is 0 Å². The Labute approximate surface area is 96.5 Å². The molecule has 0 saturated carbocycles. The highest BCUT2D eigenvalue weighted by Gasteiger charge is 2.26. The quantitative estimate of drug-likeness (QED) is 0.648. The van der Waals surface area contributed by atoms with E-state index in [4.69, 9.17) is 9.15 Å². The smallest absolute Gasteiger partial charge is 0.228 e. The van der Waals surface area contributed by atoms with E-state index in [1.165, 1.54) is 16.7 Å². The van der Waals surface area contributed by atoms with Crippen LogP contribution in [0.4, 0.5) is 0 Å². The highest BCUT2D eigenvalue weighted by Crippen LogP contribution is 2.38. The van der Waals surface area contributed by atoms with Crippen molar-refractivity contribution in [2.24, 2.45) is 0 Å². The molecule has 0 saturated heterocycles. The van der Waals surface area contributed by atoms with Crippen LogP contribution in [0.25, 0.3) is 11.2 Å². The first kappa shape index (κ1) is 11.3. The average molecular weight is 220 g/mol. The molecule has 0 aliphatic rings. The second-order valence-corrected chi connectivity index (χ2v) is 5.86. The Morgan fingerprint density at radius 1 is 1.12 bits per heavy atom. The van der Waals surface area contributed by atoms with Gasteiger partial charge in [0.15, 0.2) is 0 Å². The summed E-state index contributed by atoms with van der Waals surface area (Å²) in [6.07, 6.45) is 0. The first-order chi connectivity index (χ1) is 7.32. The fraction of sp³-hybridized carbons (Fsp3) is 0.571. The van der Waals surface area contributed by atoms with Crippen molar-refractivity contribution in [1.82, 2.24) is 0 Å². The molecule has 2 nitrogen and oxygen atoms in total. The van der Waals surface area contributed by atoms with Crippen molar-refractivity contribution < 1.29 is 9.15 Å². The Bertz CT molecular complexity index is 507. The normalized spacial score (nSPS) is 12.9. The Morgan fingerprint density at radius 2 is 1.75 bits per heavy atom. The molecule has 0 unspecified atom stereocenters. The monoisotopic (exact) mass is 220 g/mol. The minimum absolute atomic E-state index is 0.137. The van der Waals surface area contributed by atoms with E-state index < -0.39 is 0 Å². The molecule has 2 aromatic rings. The summed E-state index contributed by atoms with van der Waals surface area (Å²) in [6.45, 7) is 13.3. The van der Waals surface area contributed by atoms with E-state index in [1.54, 1.807) is 0 Å². The van der Waals surface area contributed by atoms with Gasteiger partial charge in [0.2, 0.25) is 11.2 Å². The van der Waals surface area contributed by atoms with Crippen molar-refractivity contribution in [2.75, 3.05) is 0 Å². The topological polar surface area (TPSA) is 26.3 Å². The second kappa shape index (κ2) is 3.41. The molecule has 0 fully saturated rings. The summed E-state index contributed by atoms with van der Waals surface area (Å²) < 4.78 is 10.1. The lowest BCUT2D eigenvalue weighted by atomic mass is 9.78. The molecule has 1 aromatic carbocycles. The first-order valence-corrected chi connectivity index (χ1v) is 5.85. The summed E-state index contributed by atoms with van der Waals surface area (Å²) >= 11 is 0. The van der Waals surface area contributed by atoms with Crippen LogP contribution in [0.1, 0.15) is 57.2 Å². The van der Waals surface area contributed by atoms with Crippen LogP contribution in [0.2, 0.25) is 0 Å². The SMILES string of the molecule is Cc1c(C(C)(C)C)c(C(C)C)cc2ooc12. The van der Waals surface area contributed by atoms with Crippen LogP contribution in [0.3, 0.4) is 0 Å². The van der Waals surface area contributed by atoms with E-state index >= 15 is 0 Å². The van der Waals surface area contributed by atoms with Gasteiger partial charge in [0.1, 0.15) is 0 Å². The van der Waals surface area contributed by atoms with Crippen LogP contribution in [0.5, 0.6) is 0 Å². The molecule has 0 bridgehead atoms. The van der Waals surface area contributed by atoms with Crippen LogP contribution in [0.15, 0.2) is 15.2 Å². The summed E-state index contributed by atoms with van der Waals surface area (Å²) in [5.74, 6) is 0.502. The van der Waals surface area contributed by atoms with Crippen molar-refractivity contribution >= 4 is 11.2 Å². The molecule has 2 rings (SSSR count). The van der Waals surface area contributed by atoms with Crippen LogP contribution in [-0.4, -0.2) is 0 Å². The molecule has 2 heteroatoms. The molecule has 0 spiro atoms. The second-order valence-electron chi connectivity index (χ2n) is 5.86. The molecule has 0 aliphatic carbocycles. The lowest BCUT2D eigenvalue weighted by Gasteiger charge is -2.27. The summed E-state index contributed by atoms with van der Waals surface area (Å²) in [5, 5.41) is 0. The zero-order chi connectivity index (χ0) is 12.1. The van der Waals surface area contributed by atoms with Crippen molar-refractivity contribution in [3.05, 3.63) is 22.8 Å². The molecule has 0 N–H and O–H groups in total. The van der Waals surface area contributed by atoms with E-state index in [-0.39, 0.29) is 5.41 Å². The highest BCUT2D eigenvalue weighted by atomic mass is 17.0. The van der Waals surface area contributed by atoms with E-state index in [0.717, 1.165) is 11.2 Å². The van der Waals surface area contributed by atoms with Crippen molar-refractivity contribution in [3.8, 4) is 0 Å². The van der Waals surface area contributed by atoms with Crippen LogP contribution >= 0.6 is 0 Å². The molecule has 1 aromatic heterocycles. The van der Waals surface area contributed by atoms with Crippen LogP contribution in [-0.2, 0) is 5.41 Å². The number of aryl methyl sites for hydroxylation is 1. The highest BCUT2D eigenvalue weighted by molar-refractivity contribution is 5.78. The summed E-state index contributed by atoms with van der Waals surface area (Å²) in [6, 6.07) is 2.12. The Hall–Kier alpha value is -1.18. The van der Waals surface area contributed by atoms with Crippen molar-refractivity contribution in [3.63, 3.8) is 0 Å². The largest absolute Gasteiger partial charge is 0.286 e. The maximum absolute atomic E-state index is 5.08. The van der Waals surface area contributed by atoms with E-state index in [2.05, 4.69) is 47.6 Å². The van der Waals surface area contributed by atoms with Gasteiger partial charge in [-0.15, -0.1) is 0 Å². The van der Waals surface area contributed by atoms with E-state index in [0.29, 0.717) is 5.92 Å². The van der Waals surface area contributed by atoms with Gasteiger partial charge >= 0.3 is 0 Å². The Balaban J connectivity index is 2.77. The standard InChI is InChI=1S/C14H20O2/c1-8(2)10-7-11-13(16-15-11)9(3)12(10)14(4,5)6/h7-8H,1-6H3. The Kier molecular flexibility index (Phi) is 2.41. The third-order valence-corrected chi connectivity index (χ3v) is 3.10. The van der Waals surface area contributed by atoms with Gasteiger partial charge in [0.05, 0.1) is 0 Å². The minimum Gasteiger partial charge on any atom is -0.286 e. The molecular formula is C14H20O2. The lowest BCUT2D eigenvalue weighted by molar-refractivity contribution is 0.0580. The van der Waals surface area contributed by atoms with Gasteiger partial charge in [0, 0.05) is 5.56 Å². The maximum atomic E-state index is 5.08. The van der Waals surface area contributed by atoms with Crippen LogP contribution in [0, 0.1) is 6.92 Å². The molecular weight excluding hydrogens is 200 g/mol. The lowest BCUT2D eigenvalue weighted by Crippen LogP contribution is -2.17. The van der Waals surface area contributed by atoms with E-state index in [9.17, 15) is 0 Å². The van der Waals surface area contributed by atoms with Crippen LogP contribution < -0.4 is 0 Å². The zero-order valence-corrected chi connectivity index (χ0v) is 11.0. The van der Waals surface area contributed by atoms with E-state index in [1.807, 2.05) is 0 Å². The van der Waals surface area contributed by atoms with Gasteiger partial charge in [-0.2, -0.15) is 0 Å². The minimum atomic E-state index is 0.137. The maximum Gasteiger partial charge on any atom is 0.228 e. The summed E-state index contributed by atoms with van der Waals surface area (Å²) in [5.41, 5.74) is 5.91. The van der Waals surface area contributed by atoms with Gasteiger partial charge in [-0.1, -0.05) is 34.6 Å². The summed E-state index contributed by atoms with van der Waals surface area (Å²) in [4.78, 5) is 0. The number of fused-ring (bicyclic) bond motifs is 1. The van der Waals surface area contributed by atoms with Gasteiger partial charge in [-0.25, -0.2) is 0 Å². The summed E-state index contributed by atoms with van der Waals surface area (Å²) in [7, 11) is 0. The third kappa shape index (κ3) is 1.57. The molecule has 0 atom stereocenters. The first-order valence-electron chi connectivity index (χ1n) is 5.85. The number of hydrogen-bond donors (Lipinski definition) is 0. The van der Waals surface area contributed by atoms with Gasteiger partial charge in [-0.3, -0.25) is 9.15 Å². The fourth-order valence-electron chi connectivity index (χ4n) is 2.46. The molecule has 0 amide bonds. The zero-order valence-electron chi connectivity index (χ0n) is 11.0. The molecule has 1 heterocycles. The van der Waals surface area contributed by atoms with Gasteiger partial charge in [-0.05, 0) is 35.4 Å². The third-order valence-electron chi connectivity index (χ3n) is 3.10. The number of benzene rings is 1. The van der Waals surface area contributed by atoms with Gasteiger partial charge in [0.25, 0.3) is 0 Å². The molecule has 0 radical (unpaired) electrons. The Morgan fingerprint density at radius 3 is 2.12 bits per heavy atom. The number of rotatable bonds is 1. The predicted octanol–water partition coefficient (Wildman–Crippen LogP) is 4.76. The predicted molar refractivity (Wildman–Crippen MR) is 66.0 cm³/mol. The average Bonchev–Trinajstić information content (AvgIpc) is 2.04. The molecule has 88 valence electrons. The fourth-order valence-corrected chi connectivity index (χ4v) is 2.46. The van der Waals surface area contributed by atoms with Gasteiger partial charge < -0.3 is 0 Å². The number of hydrogen-bond acceptors (Lipinski definition) is 2. The molecule has 0 aliphatic heterocycles. The van der Waals surface area contributed by atoms with Crippen molar-refractivity contribution in [2.45, 2.75) is 52.9 Å².